The molecule has 3 heterocycles. The lowest BCUT2D eigenvalue weighted by molar-refractivity contribution is -0.142. The van der Waals surface area contributed by atoms with Gasteiger partial charge in [-0.3, -0.25) is 9.69 Å². The molecule has 1 N–H and O–H groups in total. The van der Waals surface area contributed by atoms with E-state index < -0.39 is 5.97 Å². The fraction of sp³-hybridized carbons (Fsp3) is 0.562. The normalized spacial score (nSPS) is 34.0. The first-order chi connectivity index (χ1) is 10.1. The Bertz CT molecular complexity index is 591. The van der Waals surface area contributed by atoms with Gasteiger partial charge < -0.3 is 9.84 Å². The summed E-state index contributed by atoms with van der Waals surface area (Å²) in [5.74, 6) is -0.372. The SMILES string of the molecule is O=C(O)C1CC2CCC1N2CC1Cc2cc(F)ccc2O1. The second-order valence-electron chi connectivity index (χ2n) is 6.37. The lowest BCUT2D eigenvalue weighted by Crippen LogP contribution is -2.39. The first kappa shape index (κ1) is 13.1. The Morgan fingerprint density at radius 2 is 2.29 bits per heavy atom. The van der Waals surface area contributed by atoms with Crippen LogP contribution in [-0.2, 0) is 11.2 Å². The third kappa shape index (κ3) is 2.11. The average molecular weight is 291 g/mol. The Morgan fingerprint density at radius 3 is 3.05 bits per heavy atom. The maximum Gasteiger partial charge on any atom is 0.308 e. The van der Waals surface area contributed by atoms with E-state index in [0.717, 1.165) is 37.1 Å². The van der Waals surface area contributed by atoms with Gasteiger partial charge in [0.05, 0.1) is 5.92 Å². The van der Waals surface area contributed by atoms with Crippen LogP contribution in [0.1, 0.15) is 24.8 Å². The van der Waals surface area contributed by atoms with Gasteiger partial charge in [0.2, 0.25) is 0 Å². The van der Waals surface area contributed by atoms with Crippen molar-refractivity contribution in [1.82, 2.24) is 4.90 Å². The molecule has 0 spiro atoms. The Morgan fingerprint density at radius 1 is 1.43 bits per heavy atom. The second kappa shape index (κ2) is 4.70. The number of carboxylic acids is 1. The fourth-order valence-electron chi connectivity index (χ4n) is 4.28. The summed E-state index contributed by atoms with van der Waals surface area (Å²) >= 11 is 0. The number of halogens is 1. The molecule has 3 aliphatic heterocycles. The van der Waals surface area contributed by atoms with Crippen molar-refractivity contribution in [1.29, 1.82) is 0 Å². The first-order valence-corrected chi connectivity index (χ1v) is 7.55. The number of fused-ring (bicyclic) bond motifs is 3. The summed E-state index contributed by atoms with van der Waals surface area (Å²) in [4.78, 5) is 13.6. The maximum absolute atomic E-state index is 13.2. The molecular formula is C16H18FNO3. The number of aliphatic carboxylic acids is 1. The highest BCUT2D eigenvalue weighted by molar-refractivity contribution is 5.71. The van der Waals surface area contributed by atoms with Crippen LogP contribution in [0.4, 0.5) is 4.39 Å². The molecule has 3 aliphatic rings. The topological polar surface area (TPSA) is 49.8 Å². The van der Waals surface area contributed by atoms with Crippen molar-refractivity contribution in [2.75, 3.05) is 6.54 Å². The van der Waals surface area contributed by atoms with Gasteiger partial charge in [-0.05, 0) is 37.5 Å². The van der Waals surface area contributed by atoms with Crippen molar-refractivity contribution in [3.63, 3.8) is 0 Å². The standard InChI is InChI=1S/C16H18FNO3/c17-10-1-4-15-9(5-10)6-12(21-15)8-18-11-2-3-14(18)13(7-11)16(19)20/h1,4-5,11-14H,2-3,6-8H2,(H,19,20). The molecule has 4 unspecified atom stereocenters. The molecule has 0 aromatic heterocycles. The van der Waals surface area contributed by atoms with Gasteiger partial charge in [0.1, 0.15) is 17.7 Å². The van der Waals surface area contributed by atoms with E-state index in [1.807, 2.05) is 0 Å². The molecule has 5 heteroatoms. The van der Waals surface area contributed by atoms with Crippen LogP contribution in [0.2, 0.25) is 0 Å². The summed E-state index contributed by atoms with van der Waals surface area (Å²) in [7, 11) is 0. The first-order valence-electron chi connectivity index (χ1n) is 7.55. The monoisotopic (exact) mass is 291 g/mol. The highest BCUT2D eigenvalue weighted by Gasteiger charge is 2.50. The molecule has 0 aliphatic carbocycles. The van der Waals surface area contributed by atoms with Gasteiger partial charge in [0, 0.05) is 30.6 Å². The van der Waals surface area contributed by atoms with E-state index in [4.69, 9.17) is 4.74 Å². The predicted octanol–water partition coefficient (Wildman–Crippen LogP) is 2.07. The van der Waals surface area contributed by atoms with Crippen LogP contribution < -0.4 is 4.74 Å². The number of carbonyl (C=O) groups is 1. The molecule has 1 aromatic rings. The Kier molecular flexibility index (Phi) is 2.92. The van der Waals surface area contributed by atoms with Gasteiger partial charge in [-0.2, -0.15) is 0 Å². The number of carboxylic acid groups (broad SMARTS) is 1. The smallest absolute Gasteiger partial charge is 0.308 e. The molecule has 0 amide bonds. The van der Waals surface area contributed by atoms with Crippen molar-refractivity contribution >= 4 is 5.97 Å². The Labute approximate surface area is 122 Å². The molecule has 2 saturated heterocycles. The Hall–Kier alpha value is -1.62. The number of hydrogen-bond acceptors (Lipinski definition) is 3. The third-order valence-electron chi connectivity index (χ3n) is 5.18. The highest BCUT2D eigenvalue weighted by Crippen LogP contribution is 2.42. The fourth-order valence-corrected chi connectivity index (χ4v) is 4.28. The minimum absolute atomic E-state index is 0.0115. The summed E-state index contributed by atoms with van der Waals surface area (Å²) in [6.45, 7) is 0.745. The number of rotatable bonds is 3. The minimum atomic E-state index is -0.676. The molecule has 0 saturated carbocycles. The summed E-state index contributed by atoms with van der Waals surface area (Å²) in [6, 6.07) is 5.16. The van der Waals surface area contributed by atoms with Gasteiger partial charge in [-0.15, -0.1) is 0 Å². The zero-order valence-corrected chi connectivity index (χ0v) is 11.7. The van der Waals surface area contributed by atoms with Crippen LogP contribution in [0.5, 0.6) is 5.75 Å². The predicted molar refractivity (Wildman–Crippen MR) is 73.8 cm³/mol. The van der Waals surface area contributed by atoms with Crippen molar-refractivity contribution in [3.8, 4) is 5.75 Å². The molecule has 21 heavy (non-hydrogen) atoms. The quantitative estimate of drug-likeness (QED) is 0.926. The molecule has 2 bridgehead atoms. The highest BCUT2D eigenvalue weighted by atomic mass is 19.1. The molecule has 1 aromatic carbocycles. The molecule has 4 nitrogen and oxygen atoms in total. The molecular weight excluding hydrogens is 273 g/mol. The van der Waals surface area contributed by atoms with Crippen LogP contribution >= 0.6 is 0 Å². The average Bonchev–Trinajstić information content (AvgIpc) is 3.11. The molecule has 4 rings (SSSR count). The van der Waals surface area contributed by atoms with Gasteiger partial charge >= 0.3 is 5.97 Å². The van der Waals surface area contributed by atoms with E-state index in [-0.39, 0.29) is 23.9 Å². The third-order valence-corrected chi connectivity index (χ3v) is 5.18. The zero-order valence-electron chi connectivity index (χ0n) is 11.7. The second-order valence-corrected chi connectivity index (χ2v) is 6.37. The van der Waals surface area contributed by atoms with Crippen molar-refractivity contribution in [2.45, 2.75) is 43.9 Å². The minimum Gasteiger partial charge on any atom is -0.488 e. The van der Waals surface area contributed by atoms with Crippen LogP contribution in [0.3, 0.4) is 0 Å². The van der Waals surface area contributed by atoms with E-state index in [9.17, 15) is 14.3 Å². The van der Waals surface area contributed by atoms with E-state index in [1.54, 1.807) is 6.07 Å². The maximum atomic E-state index is 13.2. The van der Waals surface area contributed by atoms with Gasteiger partial charge in [0.15, 0.2) is 0 Å². The summed E-state index contributed by atoms with van der Waals surface area (Å²) in [5, 5.41) is 9.29. The van der Waals surface area contributed by atoms with E-state index >= 15 is 0 Å². The van der Waals surface area contributed by atoms with Crippen molar-refractivity contribution < 1.29 is 19.0 Å². The van der Waals surface area contributed by atoms with E-state index in [1.165, 1.54) is 12.1 Å². The summed E-state index contributed by atoms with van der Waals surface area (Å²) in [5.41, 5.74) is 0.918. The van der Waals surface area contributed by atoms with Crippen LogP contribution in [-0.4, -0.2) is 40.7 Å². The Balaban J connectivity index is 1.46. The van der Waals surface area contributed by atoms with E-state index in [0.29, 0.717) is 12.5 Å². The van der Waals surface area contributed by atoms with Crippen molar-refractivity contribution in [2.24, 2.45) is 5.92 Å². The summed E-state index contributed by atoms with van der Waals surface area (Å²) in [6.07, 6.45) is 3.53. The van der Waals surface area contributed by atoms with Crippen LogP contribution in [0, 0.1) is 11.7 Å². The lowest BCUT2D eigenvalue weighted by atomic mass is 9.89. The number of hydrogen-bond donors (Lipinski definition) is 1. The number of nitrogens with zero attached hydrogens (tertiary/aromatic N) is 1. The van der Waals surface area contributed by atoms with Gasteiger partial charge in [0.25, 0.3) is 0 Å². The lowest BCUT2D eigenvalue weighted by Gasteiger charge is -2.25. The summed E-state index contributed by atoms with van der Waals surface area (Å²) < 4.78 is 19.1. The van der Waals surface area contributed by atoms with E-state index in [2.05, 4.69) is 4.90 Å². The van der Waals surface area contributed by atoms with Crippen molar-refractivity contribution in [3.05, 3.63) is 29.6 Å². The number of benzene rings is 1. The largest absolute Gasteiger partial charge is 0.488 e. The van der Waals surface area contributed by atoms with Gasteiger partial charge in [-0.1, -0.05) is 0 Å². The van der Waals surface area contributed by atoms with Crippen LogP contribution in [0.15, 0.2) is 18.2 Å². The molecule has 0 radical (unpaired) electrons. The zero-order chi connectivity index (χ0) is 14.6. The number of ether oxygens (including phenoxy) is 1. The van der Waals surface area contributed by atoms with Gasteiger partial charge in [-0.25, -0.2) is 4.39 Å². The molecule has 2 fully saturated rings. The molecule has 4 atom stereocenters. The van der Waals surface area contributed by atoms with Crippen LogP contribution in [0.25, 0.3) is 0 Å². The molecule has 112 valence electrons.